The molecule has 35 heavy (non-hydrogen) atoms. The monoisotopic (exact) mass is 507 g/mol. The summed E-state index contributed by atoms with van der Waals surface area (Å²) in [5.41, 5.74) is 1.02. The lowest BCUT2D eigenvalue weighted by Gasteiger charge is -2.10. The fraction of sp³-hybridized carbons (Fsp3) is 0.120. The van der Waals surface area contributed by atoms with Crippen LogP contribution in [0.2, 0.25) is 0 Å². The van der Waals surface area contributed by atoms with Gasteiger partial charge in [-0.25, -0.2) is 13.1 Å². The van der Waals surface area contributed by atoms with Crippen LogP contribution in [0.1, 0.15) is 11.5 Å². The van der Waals surface area contributed by atoms with Crippen LogP contribution < -0.4 is 9.46 Å². The number of fused-ring (bicyclic) bond motifs is 2. The number of nitrogens with one attached hydrogen (secondary N) is 2. The molecule has 0 radical (unpaired) electrons. The van der Waals surface area contributed by atoms with Gasteiger partial charge in [0.15, 0.2) is 17.3 Å². The molecule has 0 aliphatic carbocycles. The van der Waals surface area contributed by atoms with Crippen molar-refractivity contribution in [2.24, 2.45) is 0 Å². The summed E-state index contributed by atoms with van der Waals surface area (Å²) < 4.78 is 37.8. The normalized spacial score (nSPS) is 11.7. The predicted molar refractivity (Wildman–Crippen MR) is 133 cm³/mol. The number of hydrogen-bond acceptors (Lipinski definition) is 7. The van der Waals surface area contributed by atoms with Gasteiger partial charge in [-0.1, -0.05) is 53.3 Å². The van der Waals surface area contributed by atoms with E-state index in [1.165, 1.54) is 13.8 Å². The SMILES string of the molecule is Cc1noc(C)c1S(=O)(=O)NC(=O)COc1cccc2[nH]cc(Sc3ccc4ccccc4c3)c12. The molecule has 0 atom stereocenters. The minimum absolute atomic E-state index is 0.108. The van der Waals surface area contributed by atoms with E-state index < -0.39 is 22.5 Å². The molecule has 0 unspecified atom stereocenters. The van der Waals surface area contributed by atoms with E-state index in [1.54, 1.807) is 23.9 Å². The van der Waals surface area contributed by atoms with Crippen LogP contribution in [0.5, 0.6) is 5.75 Å². The molecule has 0 saturated heterocycles. The first kappa shape index (κ1) is 23.0. The van der Waals surface area contributed by atoms with Crippen LogP contribution in [0, 0.1) is 13.8 Å². The molecular formula is C25H21N3O5S2. The molecule has 5 rings (SSSR count). The number of aryl methyl sites for hydroxylation is 2. The lowest BCUT2D eigenvalue weighted by molar-refractivity contribution is -0.121. The fourth-order valence-corrected chi connectivity index (χ4v) is 6.22. The van der Waals surface area contributed by atoms with E-state index in [9.17, 15) is 13.2 Å². The quantitative estimate of drug-likeness (QED) is 0.320. The van der Waals surface area contributed by atoms with Gasteiger partial charge in [-0.05, 0) is 48.9 Å². The average molecular weight is 508 g/mol. The molecule has 1 amide bonds. The van der Waals surface area contributed by atoms with Gasteiger partial charge >= 0.3 is 0 Å². The van der Waals surface area contributed by atoms with Crippen LogP contribution >= 0.6 is 11.8 Å². The number of amides is 1. The van der Waals surface area contributed by atoms with E-state index in [-0.39, 0.29) is 16.3 Å². The number of carbonyl (C=O) groups excluding carboxylic acids is 1. The number of sulfonamides is 1. The third kappa shape index (κ3) is 4.62. The van der Waals surface area contributed by atoms with Gasteiger partial charge in [0, 0.05) is 16.0 Å². The minimum atomic E-state index is -4.13. The topological polar surface area (TPSA) is 114 Å². The maximum Gasteiger partial charge on any atom is 0.271 e. The smallest absolute Gasteiger partial charge is 0.271 e. The van der Waals surface area contributed by atoms with Crippen LogP contribution in [0.25, 0.3) is 21.7 Å². The Kier molecular flexibility index (Phi) is 6.00. The number of hydrogen-bond donors (Lipinski definition) is 2. The molecule has 5 aromatic rings. The van der Waals surface area contributed by atoms with Gasteiger partial charge in [-0.15, -0.1) is 0 Å². The molecule has 3 aromatic carbocycles. The second-order valence-electron chi connectivity index (χ2n) is 7.91. The molecule has 178 valence electrons. The van der Waals surface area contributed by atoms with E-state index in [1.807, 2.05) is 29.1 Å². The summed E-state index contributed by atoms with van der Waals surface area (Å²) in [5.74, 6) is -0.227. The largest absolute Gasteiger partial charge is 0.483 e. The first-order valence-corrected chi connectivity index (χ1v) is 13.0. The maximum absolute atomic E-state index is 12.6. The van der Waals surface area contributed by atoms with Crippen molar-refractivity contribution in [2.45, 2.75) is 28.5 Å². The van der Waals surface area contributed by atoms with E-state index >= 15 is 0 Å². The van der Waals surface area contributed by atoms with Crippen molar-refractivity contribution in [3.8, 4) is 5.75 Å². The summed E-state index contributed by atoms with van der Waals surface area (Å²) in [7, 11) is -4.13. The third-order valence-electron chi connectivity index (χ3n) is 5.42. The first-order valence-electron chi connectivity index (χ1n) is 10.7. The lowest BCUT2D eigenvalue weighted by Crippen LogP contribution is -2.34. The van der Waals surface area contributed by atoms with Crippen LogP contribution in [0.3, 0.4) is 0 Å². The zero-order valence-corrected chi connectivity index (χ0v) is 20.5. The molecule has 0 bridgehead atoms. The molecule has 8 nitrogen and oxygen atoms in total. The predicted octanol–water partition coefficient (Wildman–Crippen LogP) is 4.96. The summed E-state index contributed by atoms with van der Waals surface area (Å²) in [4.78, 5) is 17.5. The van der Waals surface area contributed by atoms with Crippen LogP contribution in [-0.4, -0.2) is 31.1 Å². The third-order valence-corrected chi connectivity index (χ3v) is 8.07. The zero-order chi connectivity index (χ0) is 24.6. The average Bonchev–Trinajstić information content (AvgIpc) is 3.40. The Bertz CT molecular complexity index is 1650. The van der Waals surface area contributed by atoms with Crippen LogP contribution in [-0.2, 0) is 14.8 Å². The highest BCUT2D eigenvalue weighted by Gasteiger charge is 2.26. The van der Waals surface area contributed by atoms with Crippen molar-refractivity contribution in [1.29, 1.82) is 0 Å². The van der Waals surface area contributed by atoms with Gasteiger partial charge in [-0.3, -0.25) is 4.79 Å². The minimum Gasteiger partial charge on any atom is -0.483 e. The Morgan fingerprint density at radius 2 is 1.89 bits per heavy atom. The van der Waals surface area contributed by atoms with Gasteiger partial charge in [0.05, 0.1) is 10.9 Å². The molecule has 2 heterocycles. The summed E-state index contributed by atoms with van der Waals surface area (Å²) in [5, 5.41) is 6.75. The summed E-state index contributed by atoms with van der Waals surface area (Å²) in [6, 6.07) is 19.9. The Hall–Kier alpha value is -3.76. The first-order chi connectivity index (χ1) is 16.8. The number of ether oxygens (including phenoxy) is 1. The van der Waals surface area contributed by atoms with Crippen molar-refractivity contribution < 1.29 is 22.5 Å². The van der Waals surface area contributed by atoms with Crippen molar-refractivity contribution in [1.82, 2.24) is 14.9 Å². The second kappa shape index (κ2) is 9.12. The highest BCUT2D eigenvalue weighted by molar-refractivity contribution is 7.99. The Balaban J connectivity index is 1.35. The molecule has 2 N–H and O–H groups in total. The van der Waals surface area contributed by atoms with E-state index in [0.717, 1.165) is 31.5 Å². The lowest BCUT2D eigenvalue weighted by atomic mass is 10.1. The summed E-state index contributed by atoms with van der Waals surface area (Å²) in [6.45, 7) is 2.48. The van der Waals surface area contributed by atoms with Gasteiger partial charge in [-0.2, -0.15) is 0 Å². The van der Waals surface area contributed by atoms with Crippen molar-refractivity contribution >= 4 is 49.4 Å². The number of rotatable bonds is 7. The molecule has 10 heteroatoms. The molecular weight excluding hydrogens is 486 g/mol. The molecule has 0 aliphatic heterocycles. The van der Waals surface area contributed by atoms with Gasteiger partial charge in [0.2, 0.25) is 0 Å². The Morgan fingerprint density at radius 1 is 1.09 bits per heavy atom. The molecule has 0 aliphatic rings. The van der Waals surface area contributed by atoms with E-state index in [4.69, 9.17) is 9.26 Å². The Morgan fingerprint density at radius 3 is 2.66 bits per heavy atom. The fourth-order valence-electron chi connectivity index (χ4n) is 3.91. The van der Waals surface area contributed by atoms with E-state index in [0.29, 0.717) is 5.75 Å². The maximum atomic E-state index is 12.6. The number of carbonyl (C=O) groups is 1. The van der Waals surface area contributed by atoms with E-state index in [2.05, 4.69) is 40.5 Å². The number of aromatic nitrogens is 2. The highest BCUT2D eigenvalue weighted by Crippen LogP contribution is 2.39. The van der Waals surface area contributed by atoms with Gasteiger partial charge in [0.1, 0.15) is 11.4 Å². The van der Waals surface area contributed by atoms with Crippen molar-refractivity contribution in [3.63, 3.8) is 0 Å². The van der Waals surface area contributed by atoms with Crippen LogP contribution in [0.4, 0.5) is 0 Å². The highest BCUT2D eigenvalue weighted by atomic mass is 32.2. The number of H-pyrrole nitrogens is 1. The second-order valence-corrected chi connectivity index (χ2v) is 10.6. The standard InChI is InChI=1S/C25H21N3O5S2/c1-15-25(16(2)33-27-15)35(30,31)28-23(29)14-32-21-9-5-8-20-24(21)22(13-26-20)34-19-11-10-17-6-3-4-7-18(17)12-19/h3-13,26H,14H2,1-2H3,(H,28,29). The van der Waals surface area contributed by atoms with Gasteiger partial charge < -0.3 is 14.2 Å². The number of aromatic amines is 1. The number of nitrogens with zero attached hydrogens (tertiary/aromatic N) is 1. The van der Waals surface area contributed by atoms with Crippen molar-refractivity contribution in [3.05, 3.63) is 78.3 Å². The Labute approximate surface area is 205 Å². The number of benzene rings is 3. The molecule has 0 saturated carbocycles. The molecule has 0 fully saturated rings. The zero-order valence-electron chi connectivity index (χ0n) is 18.9. The molecule has 0 spiro atoms. The summed E-state index contributed by atoms with van der Waals surface area (Å²) >= 11 is 1.57. The van der Waals surface area contributed by atoms with Crippen molar-refractivity contribution in [2.75, 3.05) is 6.61 Å². The van der Waals surface area contributed by atoms with Crippen LogP contribution in [0.15, 0.2) is 86.1 Å². The molecule has 2 aromatic heterocycles. The summed E-state index contributed by atoms with van der Waals surface area (Å²) in [6.07, 6.45) is 1.89. The van der Waals surface area contributed by atoms with Gasteiger partial charge in [0.25, 0.3) is 15.9 Å².